The standard InChI is InChI=1S/C24H23N5O4S/c1-17(2)34(31,32)21-10-4-18(5-11-21)14-23(30)28-19-6-8-20(9-7-19)33-24-15-22(25-16-26-24)29-13-3-12-27-29/h3-13,15-17H,14H2,1-2H3,(H,28,30). The molecule has 0 atom stereocenters. The Morgan fingerprint density at radius 2 is 1.79 bits per heavy atom. The Morgan fingerprint density at radius 1 is 1.06 bits per heavy atom. The van der Waals surface area contributed by atoms with Crippen LogP contribution in [0.25, 0.3) is 5.82 Å². The molecule has 0 bridgehead atoms. The minimum atomic E-state index is -3.34. The number of rotatable bonds is 8. The normalized spacial score (nSPS) is 11.4. The summed E-state index contributed by atoms with van der Waals surface area (Å²) >= 11 is 0. The lowest BCUT2D eigenvalue weighted by Crippen LogP contribution is -2.15. The zero-order chi connectivity index (χ0) is 24.1. The van der Waals surface area contributed by atoms with Gasteiger partial charge in [0.25, 0.3) is 0 Å². The van der Waals surface area contributed by atoms with Crippen LogP contribution in [0.5, 0.6) is 11.6 Å². The van der Waals surface area contributed by atoms with Crippen molar-refractivity contribution < 1.29 is 17.9 Å². The Bertz CT molecular complexity index is 1370. The van der Waals surface area contributed by atoms with Crippen molar-refractivity contribution in [2.75, 3.05) is 5.32 Å². The molecule has 1 N–H and O–H groups in total. The van der Waals surface area contributed by atoms with Gasteiger partial charge < -0.3 is 10.1 Å². The van der Waals surface area contributed by atoms with Gasteiger partial charge in [0.05, 0.1) is 16.6 Å². The minimum Gasteiger partial charge on any atom is -0.439 e. The first-order valence-electron chi connectivity index (χ1n) is 10.5. The highest BCUT2D eigenvalue weighted by atomic mass is 32.2. The van der Waals surface area contributed by atoms with Gasteiger partial charge in [-0.15, -0.1) is 0 Å². The molecule has 0 saturated heterocycles. The zero-order valence-corrected chi connectivity index (χ0v) is 19.4. The van der Waals surface area contributed by atoms with E-state index in [1.54, 1.807) is 79.5 Å². The summed E-state index contributed by atoms with van der Waals surface area (Å²) in [7, 11) is -3.34. The fourth-order valence-corrected chi connectivity index (χ4v) is 4.16. The molecule has 0 aliphatic rings. The van der Waals surface area contributed by atoms with Crippen molar-refractivity contribution in [2.45, 2.75) is 30.4 Å². The fourth-order valence-electron chi connectivity index (χ4n) is 3.10. The number of hydrogen-bond donors (Lipinski definition) is 1. The van der Waals surface area contributed by atoms with E-state index in [0.29, 0.717) is 23.1 Å². The maximum absolute atomic E-state index is 12.4. The number of sulfone groups is 1. The van der Waals surface area contributed by atoms with Crippen molar-refractivity contribution >= 4 is 21.4 Å². The van der Waals surface area contributed by atoms with E-state index in [9.17, 15) is 13.2 Å². The van der Waals surface area contributed by atoms with Crippen LogP contribution in [0.15, 0.2) is 84.3 Å². The molecule has 4 rings (SSSR count). The van der Waals surface area contributed by atoms with Gasteiger partial charge in [-0.3, -0.25) is 4.79 Å². The topological polar surface area (TPSA) is 116 Å². The highest BCUT2D eigenvalue weighted by Crippen LogP contribution is 2.22. The van der Waals surface area contributed by atoms with Crippen LogP contribution in [0.4, 0.5) is 5.69 Å². The van der Waals surface area contributed by atoms with E-state index in [-0.39, 0.29) is 17.2 Å². The molecule has 2 aromatic heterocycles. The Hall–Kier alpha value is -4.05. The maximum atomic E-state index is 12.4. The van der Waals surface area contributed by atoms with Crippen molar-refractivity contribution in [1.29, 1.82) is 0 Å². The quantitative estimate of drug-likeness (QED) is 0.410. The number of carbonyl (C=O) groups is 1. The summed E-state index contributed by atoms with van der Waals surface area (Å²) in [5.41, 5.74) is 1.33. The van der Waals surface area contributed by atoms with Crippen LogP contribution in [0.3, 0.4) is 0 Å². The van der Waals surface area contributed by atoms with E-state index in [4.69, 9.17) is 4.74 Å². The van der Waals surface area contributed by atoms with Gasteiger partial charge in [0, 0.05) is 24.1 Å². The number of anilines is 1. The minimum absolute atomic E-state index is 0.122. The van der Waals surface area contributed by atoms with Gasteiger partial charge >= 0.3 is 0 Å². The van der Waals surface area contributed by atoms with E-state index >= 15 is 0 Å². The molecule has 0 saturated carbocycles. The molecule has 4 aromatic rings. The van der Waals surface area contributed by atoms with Crippen molar-refractivity contribution in [3.8, 4) is 17.4 Å². The molecular formula is C24H23N5O4S. The predicted molar refractivity (Wildman–Crippen MR) is 127 cm³/mol. The third-order valence-corrected chi connectivity index (χ3v) is 7.13. The molecule has 0 aliphatic carbocycles. The van der Waals surface area contributed by atoms with E-state index in [0.717, 1.165) is 5.56 Å². The Balaban J connectivity index is 1.35. The SMILES string of the molecule is CC(C)S(=O)(=O)c1ccc(CC(=O)Nc2ccc(Oc3cc(-n4cccn4)ncn3)cc2)cc1. The van der Waals surface area contributed by atoms with Gasteiger partial charge in [0.1, 0.15) is 12.1 Å². The van der Waals surface area contributed by atoms with Gasteiger partial charge in [-0.25, -0.2) is 23.1 Å². The third kappa shape index (κ3) is 5.46. The second-order valence-corrected chi connectivity index (χ2v) is 10.3. The number of aromatic nitrogens is 4. The molecule has 9 nitrogen and oxygen atoms in total. The van der Waals surface area contributed by atoms with Gasteiger partial charge in [-0.05, 0) is 61.9 Å². The molecule has 0 spiro atoms. The largest absolute Gasteiger partial charge is 0.439 e. The van der Waals surface area contributed by atoms with Crippen LogP contribution < -0.4 is 10.1 Å². The lowest BCUT2D eigenvalue weighted by molar-refractivity contribution is -0.115. The van der Waals surface area contributed by atoms with Crippen LogP contribution in [0.1, 0.15) is 19.4 Å². The van der Waals surface area contributed by atoms with Crippen molar-refractivity contribution in [3.63, 3.8) is 0 Å². The van der Waals surface area contributed by atoms with Crippen LogP contribution in [0, 0.1) is 0 Å². The van der Waals surface area contributed by atoms with Gasteiger partial charge in [0.15, 0.2) is 15.7 Å². The van der Waals surface area contributed by atoms with Crippen LogP contribution in [-0.2, 0) is 21.1 Å². The zero-order valence-electron chi connectivity index (χ0n) is 18.6. The molecular weight excluding hydrogens is 454 g/mol. The van der Waals surface area contributed by atoms with Crippen molar-refractivity contribution in [1.82, 2.24) is 19.7 Å². The fraction of sp³-hybridized carbons (Fsp3) is 0.167. The molecule has 174 valence electrons. The number of nitrogens with zero attached hydrogens (tertiary/aromatic N) is 4. The highest BCUT2D eigenvalue weighted by molar-refractivity contribution is 7.92. The lowest BCUT2D eigenvalue weighted by Gasteiger charge is -2.10. The average Bonchev–Trinajstić information content (AvgIpc) is 3.36. The first kappa shape index (κ1) is 23.1. The molecule has 0 fully saturated rings. The number of benzene rings is 2. The Labute approximate surface area is 197 Å². The maximum Gasteiger partial charge on any atom is 0.228 e. The molecule has 0 unspecified atom stereocenters. The second kappa shape index (κ2) is 9.84. The predicted octanol–water partition coefficient (Wildman–Crippen LogP) is 3.82. The number of ether oxygens (including phenoxy) is 1. The van der Waals surface area contributed by atoms with E-state index in [1.807, 2.05) is 0 Å². The molecule has 0 radical (unpaired) electrons. The van der Waals surface area contributed by atoms with E-state index in [1.165, 1.54) is 18.5 Å². The highest BCUT2D eigenvalue weighted by Gasteiger charge is 2.18. The molecule has 34 heavy (non-hydrogen) atoms. The van der Waals surface area contributed by atoms with Crippen molar-refractivity contribution in [2.24, 2.45) is 0 Å². The van der Waals surface area contributed by atoms with Crippen LogP contribution in [0.2, 0.25) is 0 Å². The smallest absolute Gasteiger partial charge is 0.228 e. The van der Waals surface area contributed by atoms with Crippen molar-refractivity contribution in [3.05, 3.63) is 84.9 Å². The average molecular weight is 478 g/mol. The van der Waals surface area contributed by atoms with Crippen LogP contribution >= 0.6 is 0 Å². The lowest BCUT2D eigenvalue weighted by atomic mass is 10.1. The summed E-state index contributed by atoms with van der Waals surface area (Å²) in [6.45, 7) is 3.28. The Morgan fingerprint density at radius 3 is 2.44 bits per heavy atom. The molecule has 2 aromatic carbocycles. The summed E-state index contributed by atoms with van der Waals surface area (Å²) in [5.74, 6) is 1.27. The van der Waals surface area contributed by atoms with Gasteiger partial charge in [-0.1, -0.05) is 12.1 Å². The number of hydrogen-bond acceptors (Lipinski definition) is 7. The summed E-state index contributed by atoms with van der Waals surface area (Å²) in [4.78, 5) is 20.9. The van der Waals surface area contributed by atoms with Gasteiger partial charge in [-0.2, -0.15) is 5.10 Å². The Kier molecular flexibility index (Phi) is 6.69. The first-order chi connectivity index (χ1) is 16.3. The molecule has 1 amide bonds. The third-order valence-electron chi connectivity index (χ3n) is 4.96. The molecule has 0 aliphatic heterocycles. The molecule has 2 heterocycles. The van der Waals surface area contributed by atoms with Crippen LogP contribution in [-0.4, -0.2) is 39.3 Å². The first-order valence-corrected chi connectivity index (χ1v) is 12.1. The van der Waals surface area contributed by atoms with Gasteiger partial charge in [0.2, 0.25) is 11.8 Å². The van der Waals surface area contributed by atoms with E-state index < -0.39 is 15.1 Å². The summed E-state index contributed by atoms with van der Waals surface area (Å²) in [6.07, 6.45) is 4.94. The molecule has 10 heteroatoms. The van der Waals surface area contributed by atoms with E-state index in [2.05, 4.69) is 20.4 Å². The number of nitrogens with one attached hydrogen (secondary N) is 1. The summed E-state index contributed by atoms with van der Waals surface area (Å²) in [6, 6.07) is 16.7. The number of carbonyl (C=O) groups excluding carboxylic acids is 1. The summed E-state index contributed by atoms with van der Waals surface area (Å²) < 4.78 is 31.8. The summed E-state index contributed by atoms with van der Waals surface area (Å²) in [5, 5.41) is 6.45. The second-order valence-electron chi connectivity index (χ2n) is 7.75. The monoisotopic (exact) mass is 477 g/mol. The number of amides is 1.